The zero-order valence-electron chi connectivity index (χ0n) is 9.30. The van der Waals surface area contributed by atoms with Gasteiger partial charge in [-0.1, -0.05) is 23.7 Å². The van der Waals surface area contributed by atoms with Gasteiger partial charge in [0.15, 0.2) is 17.5 Å². The Labute approximate surface area is 111 Å². The molecule has 2 aromatic carbocycles. The van der Waals surface area contributed by atoms with Crippen molar-refractivity contribution in [2.24, 2.45) is 0 Å². The normalized spacial score (nSPS) is 12.5. The van der Waals surface area contributed by atoms with Crippen molar-refractivity contribution in [3.05, 3.63) is 69.8 Å². The molecule has 0 aliphatic heterocycles. The maximum atomic E-state index is 13.5. The minimum absolute atomic E-state index is 0.00650. The van der Waals surface area contributed by atoms with Gasteiger partial charge in [0.2, 0.25) is 0 Å². The van der Waals surface area contributed by atoms with Crippen molar-refractivity contribution in [3.8, 4) is 0 Å². The van der Waals surface area contributed by atoms with Crippen molar-refractivity contribution in [1.82, 2.24) is 0 Å². The molecule has 1 N–H and O–H groups in total. The van der Waals surface area contributed by atoms with Crippen LogP contribution in [0.2, 0.25) is 5.02 Å². The average molecular weight is 291 g/mol. The largest absolute Gasteiger partial charge is 0.383 e. The summed E-state index contributed by atoms with van der Waals surface area (Å²) in [4.78, 5) is 0. The highest BCUT2D eigenvalue weighted by Crippen LogP contribution is 2.31. The van der Waals surface area contributed by atoms with E-state index in [1.165, 1.54) is 0 Å². The summed E-state index contributed by atoms with van der Waals surface area (Å²) in [5.74, 6) is -5.19. The van der Waals surface area contributed by atoms with Gasteiger partial charge in [-0.3, -0.25) is 0 Å². The van der Waals surface area contributed by atoms with Crippen molar-refractivity contribution < 1.29 is 22.7 Å². The Morgan fingerprint density at radius 1 is 0.895 bits per heavy atom. The third-order valence-corrected chi connectivity index (χ3v) is 2.94. The summed E-state index contributed by atoms with van der Waals surface area (Å²) in [6.07, 6.45) is -1.62. The summed E-state index contributed by atoms with van der Waals surface area (Å²) < 4.78 is 52.2. The van der Waals surface area contributed by atoms with E-state index in [4.69, 9.17) is 11.6 Å². The van der Waals surface area contributed by atoms with Crippen LogP contribution in [0.4, 0.5) is 17.6 Å². The second-order valence-electron chi connectivity index (χ2n) is 3.83. The molecule has 100 valence electrons. The molecule has 0 fully saturated rings. The van der Waals surface area contributed by atoms with Gasteiger partial charge >= 0.3 is 0 Å². The first kappa shape index (κ1) is 13.8. The van der Waals surface area contributed by atoms with E-state index in [1.807, 2.05) is 0 Å². The lowest BCUT2D eigenvalue weighted by molar-refractivity contribution is 0.212. The first-order valence-corrected chi connectivity index (χ1v) is 5.56. The molecule has 0 aliphatic rings. The summed E-state index contributed by atoms with van der Waals surface area (Å²) in [7, 11) is 0. The number of aliphatic hydroxyl groups excluding tert-OH is 1. The van der Waals surface area contributed by atoms with Gasteiger partial charge in [0.1, 0.15) is 11.9 Å². The van der Waals surface area contributed by atoms with Crippen LogP contribution in [0.25, 0.3) is 0 Å². The van der Waals surface area contributed by atoms with Gasteiger partial charge in [-0.15, -0.1) is 0 Å². The summed E-state index contributed by atoms with van der Waals surface area (Å²) >= 11 is 5.71. The summed E-state index contributed by atoms with van der Waals surface area (Å²) in [5, 5.41) is 9.78. The topological polar surface area (TPSA) is 20.2 Å². The number of rotatable bonds is 2. The molecule has 2 aromatic rings. The fraction of sp³-hybridized carbons (Fsp3) is 0.0769. The fourth-order valence-corrected chi connectivity index (χ4v) is 1.91. The second-order valence-corrected chi connectivity index (χ2v) is 4.24. The van der Waals surface area contributed by atoms with Crippen LogP contribution < -0.4 is 0 Å². The summed E-state index contributed by atoms with van der Waals surface area (Å²) in [6, 6.07) is 4.68. The van der Waals surface area contributed by atoms with E-state index >= 15 is 0 Å². The van der Waals surface area contributed by atoms with Gasteiger partial charge in [0.25, 0.3) is 0 Å². The predicted octanol–water partition coefficient (Wildman–Crippen LogP) is 3.98. The lowest BCUT2D eigenvalue weighted by atomic mass is 10.0. The zero-order chi connectivity index (χ0) is 14.2. The van der Waals surface area contributed by atoms with Gasteiger partial charge < -0.3 is 5.11 Å². The molecule has 1 atom stereocenters. The number of hydrogen-bond donors (Lipinski definition) is 1. The molecule has 0 saturated carbocycles. The molecule has 0 radical (unpaired) electrons. The maximum absolute atomic E-state index is 13.5. The fourth-order valence-electron chi connectivity index (χ4n) is 1.64. The molecule has 19 heavy (non-hydrogen) atoms. The van der Waals surface area contributed by atoms with E-state index in [9.17, 15) is 22.7 Å². The number of hydrogen-bond acceptors (Lipinski definition) is 1. The van der Waals surface area contributed by atoms with Crippen molar-refractivity contribution in [2.75, 3.05) is 0 Å². The van der Waals surface area contributed by atoms with Crippen LogP contribution in [0.15, 0.2) is 30.3 Å². The first-order chi connectivity index (χ1) is 8.91. The van der Waals surface area contributed by atoms with Crippen molar-refractivity contribution in [3.63, 3.8) is 0 Å². The Bertz CT molecular complexity index is 630. The Kier molecular flexibility index (Phi) is 3.78. The minimum Gasteiger partial charge on any atom is -0.383 e. The van der Waals surface area contributed by atoms with E-state index in [2.05, 4.69) is 0 Å². The third kappa shape index (κ3) is 2.57. The van der Waals surface area contributed by atoms with Crippen molar-refractivity contribution >= 4 is 11.6 Å². The second kappa shape index (κ2) is 5.19. The van der Waals surface area contributed by atoms with E-state index in [1.54, 1.807) is 0 Å². The molecular weight excluding hydrogens is 284 g/mol. The predicted molar refractivity (Wildman–Crippen MR) is 61.8 cm³/mol. The van der Waals surface area contributed by atoms with Gasteiger partial charge in [-0.2, -0.15) is 0 Å². The molecule has 0 bridgehead atoms. The van der Waals surface area contributed by atoms with Crippen molar-refractivity contribution in [1.29, 1.82) is 0 Å². The third-order valence-electron chi connectivity index (χ3n) is 2.62. The standard InChI is InChI=1S/C13H7ClF4O/c14-9-5-6(15)1-2-7(9)13(19)8-3-4-10(16)12(18)11(8)17/h1-5,13,19H. The Morgan fingerprint density at radius 2 is 1.53 bits per heavy atom. The van der Waals surface area contributed by atoms with E-state index in [0.717, 1.165) is 24.3 Å². The lowest BCUT2D eigenvalue weighted by Crippen LogP contribution is -2.06. The van der Waals surface area contributed by atoms with Crippen LogP contribution in [-0.2, 0) is 0 Å². The lowest BCUT2D eigenvalue weighted by Gasteiger charge is -2.14. The highest BCUT2D eigenvalue weighted by atomic mass is 35.5. The molecular formula is C13H7ClF4O. The number of aliphatic hydroxyl groups is 1. The molecule has 0 amide bonds. The first-order valence-electron chi connectivity index (χ1n) is 5.18. The number of halogens is 5. The van der Waals surface area contributed by atoms with Crippen LogP contribution in [0.5, 0.6) is 0 Å². The molecule has 0 aliphatic carbocycles. The SMILES string of the molecule is OC(c1ccc(F)cc1Cl)c1ccc(F)c(F)c1F. The number of benzene rings is 2. The molecule has 0 aromatic heterocycles. The highest BCUT2D eigenvalue weighted by molar-refractivity contribution is 6.31. The highest BCUT2D eigenvalue weighted by Gasteiger charge is 2.22. The molecule has 0 spiro atoms. The molecule has 2 rings (SSSR count). The Hall–Kier alpha value is -1.59. The average Bonchev–Trinajstić information content (AvgIpc) is 2.35. The van der Waals surface area contributed by atoms with Gasteiger partial charge in [-0.25, -0.2) is 17.6 Å². The molecule has 1 unspecified atom stereocenters. The van der Waals surface area contributed by atoms with Gasteiger partial charge in [-0.05, 0) is 18.2 Å². The molecule has 0 saturated heterocycles. The summed E-state index contributed by atoms with van der Waals surface area (Å²) in [5.41, 5.74) is -0.486. The van der Waals surface area contributed by atoms with Crippen LogP contribution in [0, 0.1) is 23.3 Å². The monoisotopic (exact) mass is 290 g/mol. The smallest absolute Gasteiger partial charge is 0.194 e. The summed E-state index contributed by atoms with van der Waals surface area (Å²) in [6.45, 7) is 0. The van der Waals surface area contributed by atoms with E-state index in [0.29, 0.717) is 6.07 Å². The van der Waals surface area contributed by atoms with Crippen LogP contribution in [0.3, 0.4) is 0 Å². The maximum Gasteiger partial charge on any atom is 0.194 e. The zero-order valence-corrected chi connectivity index (χ0v) is 10.1. The molecule has 1 nitrogen and oxygen atoms in total. The van der Waals surface area contributed by atoms with E-state index in [-0.39, 0.29) is 10.6 Å². The van der Waals surface area contributed by atoms with Crippen LogP contribution in [0.1, 0.15) is 17.2 Å². The Balaban J connectivity index is 2.50. The molecule has 0 heterocycles. The van der Waals surface area contributed by atoms with Crippen LogP contribution >= 0.6 is 11.6 Å². The minimum atomic E-state index is -1.69. The van der Waals surface area contributed by atoms with Crippen molar-refractivity contribution in [2.45, 2.75) is 6.10 Å². The van der Waals surface area contributed by atoms with E-state index < -0.39 is 34.9 Å². The van der Waals surface area contributed by atoms with Crippen LogP contribution in [-0.4, -0.2) is 5.11 Å². The van der Waals surface area contributed by atoms with Gasteiger partial charge in [0.05, 0.1) is 0 Å². The quantitative estimate of drug-likeness (QED) is 0.655. The molecule has 6 heteroatoms. The Morgan fingerprint density at radius 3 is 2.16 bits per heavy atom. The van der Waals surface area contributed by atoms with Gasteiger partial charge in [0, 0.05) is 16.1 Å².